The highest BCUT2D eigenvalue weighted by Gasteiger charge is 2.20. The summed E-state index contributed by atoms with van der Waals surface area (Å²) in [4.78, 5) is 16.5. The molecule has 1 aliphatic heterocycles. The highest BCUT2D eigenvalue weighted by Crippen LogP contribution is 2.24. The van der Waals surface area contributed by atoms with Crippen LogP contribution in [0.3, 0.4) is 0 Å². The second kappa shape index (κ2) is 8.81. The van der Waals surface area contributed by atoms with Gasteiger partial charge in [-0.1, -0.05) is 12.1 Å². The maximum absolute atomic E-state index is 12.9. The maximum Gasteiger partial charge on any atom is 0.257 e. The molecule has 0 atom stereocenters. The van der Waals surface area contributed by atoms with Gasteiger partial charge in [-0.3, -0.25) is 4.79 Å². The number of rotatable bonds is 6. The molecule has 1 fully saturated rings. The van der Waals surface area contributed by atoms with Crippen molar-refractivity contribution < 1.29 is 22.7 Å². The van der Waals surface area contributed by atoms with Gasteiger partial charge in [-0.25, -0.2) is 13.6 Å². The molecule has 0 aliphatic carbocycles. The van der Waals surface area contributed by atoms with E-state index in [0.717, 1.165) is 37.6 Å². The standard InChI is InChI=1S/C20H25N3O5S/c1-22(14-15-3-5-16(6-4-15)23-9-11-28-12-10-23)20(24)18-13-17(29(21,25)26)7-8-19(18)27-2/h3-8,13H,9-12,14H2,1-2H3,(H2,21,25,26). The molecule has 0 unspecified atom stereocenters. The molecule has 29 heavy (non-hydrogen) atoms. The van der Waals surface area contributed by atoms with Crippen LogP contribution < -0.4 is 14.8 Å². The van der Waals surface area contributed by atoms with Crippen LogP contribution in [0.1, 0.15) is 15.9 Å². The number of hydrogen-bond donors (Lipinski definition) is 1. The Morgan fingerprint density at radius 2 is 1.83 bits per heavy atom. The molecule has 2 aromatic rings. The summed E-state index contributed by atoms with van der Waals surface area (Å²) < 4.78 is 33.9. The number of primary sulfonamides is 1. The van der Waals surface area contributed by atoms with E-state index in [9.17, 15) is 13.2 Å². The van der Waals surface area contributed by atoms with Gasteiger partial charge >= 0.3 is 0 Å². The zero-order valence-corrected chi connectivity index (χ0v) is 17.3. The molecule has 0 radical (unpaired) electrons. The van der Waals surface area contributed by atoms with E-state index in [1.807, 2.05) is 24.3 Å². The van der Waals surface area contributed by atoms with Crippen molar-refractivity contribution >= 4 is 21.6 Å². The lowest BCUT2D eigenvalue weighted by atomic mass is 10.1. The van der Waals surface area contributed by atoms with Crippen molar-refractivity contribution in [1.29, 1.82) is 0 Å². The minimum Gasteiger partial charge on any atom is -0.496 e. The number of methoxy groups -OCH3 is 1. The first-order valence-corrected chi connectivity index (χ1v) is 10.7. The van der Waals surface area contributed by atoms with Gasteiger partial charge in [0.15, 0.2) is 0 Å². The predicted octanol–water partition coefficient (Wildman–Crippen LogP) is 1.45. The second-order valence-electron chi connectivity index (χ2n) is 6.83. The van der Waals surface area contributed by atoms with Crippen molar-refractivity contribution in [3.63, 3.8) is 0 Å². The highest BCUT2D eigenvalue weighted by molar-refractivity contribution is 7.89. The van der Waals surface area contributed by atoms with Gasteiger partial charge in [-0.2, -0.15) is 0 Å². The Bertz CT molecular complexity index is 970. The number of amides is 1. The third-order valence-corrected chi connectivity index (χ3v) is 5.72. The first kappa shape index (κ1) is 21.1. The summed E-state index contributed by atoms with van der Waals surface area (Å²) in [5, 5.41) is 5.19. The van der Waals surface area contributed by atoms with Crippen LogP contribution in [0.4, 0.5) is 5.69 Å². The average Bonchev–Trinajstić information content (AvgIpc) is 2.73. The Kier molecular flexibility index (Phi) is 6.41. The van der Waals surface area contributed by atoms with Gasteiger partial charge in [-0.05, 0) is 35.9 Å². The number of hydrogen-bond acceptors (Lipinski definition) is 6. The number of morpholine rings is 1. The smallest absolute Gasteiger partial charge is 0.257 e. The SMILES string of the molecule is COc1ccc(S(N)(=O)=O)cc1C(=O)N(C)Cc1ccc(N2CCOCC2)cc1. The van der Waals surface area contributed by atoms with E-state index in [4.69, 9.17) is 14.6 Å². The summed E-state index contributed by atoms with van der Waals surface area (Å²) in [6, 6.07) is 12.0. The predicted molar refractivity (Wildman–Crippen MR) is 110 cm³/mol. The van der Waals surface area contributed by atoms with Crippen LogP contribution >= 0.6 is 0 Å². The normalized spacial score (nSPS) is 14.5. The Hall–Kier alpha value is -2.62. The summed E-state index contributed by atoms with van der Waals surface area (Å²) in [5.41, 5.74) is 2.22. The molecule has 0 aromatic heterocycles. The molecule has 156 valence electrons. The summed E-state index contributed by atoms with van der Waals surface area (Å²) in [7, 11) is -0.846. The van der Waals surface area contributed by atoms with E-state index in [2.05, 4.69) is 4.90 Å². The van der Waals surface area contributed by atoms with E-state index < -0.39 is 10.0 Å². The lowest BCUT2D eigenvalue weighted by Gasteiger charge is -2.29. The minimum atomic E-state index is -3.92. The van der Waals surface area contributed by atoms with Gasteiger partial charge in [-0.15, -0.1) is 0 Å². The molecule has 9 heteroatoms. The van der Waals surface area contributed by atoms with E-state index >= 15 is 0 Å². The van der Waals surface area contributed by atoms with Gasteiger partial charge in [0.1, 0.15) is 5.75 Å². The molecule has 0 bridgehead atoms. The molecule has 2 N–H and O–H groups in total. The fourth-order valence-corrected chi connectivity index (χ4v) is 3.76. The topological polar surface area (TPSA) is 102 Å². The Morgan fingerprint density at radius 3 is 2.41 bits per heavy atom. The third-order valence-electron chi connectivity index (χ3n) is 4.81. The average molecular weight is 420 g/mol. The van der Waals surface area contributed by atoms with Crippen LogP contribution in [-0.4, -0.2) is 59.7 Å². The number of anilines is 1. The number of benzene rings is 2. The molecule has 1 aliphatic rings. The molecule has 1 saturated heterocycles. The molecule has 3 rings (SSSR count). The third kappa shape index (κ3) is 5.06. The van der Waals surface area contributed by atoms with Crippen LogP contribution in [0.5, 0.6) is 5.75 Å². The van der Waals surface area contributed by atoms with Crippen molar-refractivity contribution in [2.45, 2.75) is 11.4 Å². The highest BCUT2D eigenvalue weighted by atomic mass is 32.2. The number of nitrogens with zero attached hydrogens (tertiary/aromatic N) is 2. The zero-order valence-electron chi connectivity index (χ0n) is 16.5. The van der Waals surface area contributed by atoms with Crippen molar-refractivity contribution in [2.24, 2.45) is 5.14 Å². The van der Waals surface area contributed by atoms with Crippen LogP contribution in [0.25, 0.3) is 0 Å². The molecule has 0 saturated carbocycles. The lowest BCUT2D eigenvalue weighted by Crippen LogP contribution is -2.36. The van der Waals surface area contributed by atoms with Gasteiger partial charge in [0, 0.05) is 32.4 Å². The summed E-state index contributed by atoms with van der Waals surface area (Å²) in [6.45, 7) is 3.53. The van der Waals surface area contributed by atoms with Gasteiger partial charge in [0.05, 0.1) is 30.8 Å². The molecule has 1 heterocycles. The van der Waals surface area contributed by atoms with Crippen molar-refractivity contribution in [2.75, 3.05) is 45.4 Å². The largest absolute Gasteiger partial charge is 0.496 e. The lowest BCUT2D eigenvalue weighted by molar-refractivity contribution is 0.0781. The molecule has 8 nitrogen and oxygen atoms in total. The van der Waals surface area contributed by atoms with Gasteiger partial charge in [0.25, 0.3) is 5.91 Å². The maximum atomic E-state index is 12.9. The number of nitrogens with two attached hydrogens (primary N) is 1. The molecule has 2 aromatic carbocycles. The van der Waals surface area contributed by atoms with Gasteiger partial charge < -0.3 is 19.3 Å². The van der Waals surface area contributed by atoms with Crippen LogP contribution in [0.15, 0.2) is 47.4 Å². The van der Waals surface area contributed by atoms with Crippen LogP contribution in [0, 0.1) is 0 Å². The fourth-order valence-electron chi connectivity index (χ4n) is 3.22. The van der Waals surface area contributed by atoms with Crippen molar-refractivity contribution in [1.82, 2.24) is 4.90 Å². The summed E-state index contributed by atoms with van der Waals surface area (Å²) in [6.07, 6.45) is 0. The Morgan fingerprint density at radius 1 is 1.17 bits per heavy atom. The van der Waals surface area contributed by atoms with Crippen molar-refractivity contribution in [3.05, 3.63) is 53.6 Å². The van der Waals surface area contributed by atoms with E-state index in [1.54, 1.807) is 7.05 Å². The van der Waals surface area contributed by atoms with Crippen molar-refractivity contribution in [3.8, 4) is 5.75 Å². The van der Waals surface area contributed by atoms with Crippen LogP contribution in [0.2, 0.25) is 0 Å². The number of carbonyl (C=O) groups is 1. The molecule has 0 spiro atoms. The first-order valence-electron chi connectivity index (χ1n) is 9.17. The Balaban J connectivity index is 1.75. The van der Waals surface area contributed by atoms with Gasteiger partial charge in [0.2, 0.25) is 10.0 Å². The molecular weight excluding hydrogens is 394 g/mol. The Labute approximate surface area is 170 Å². The first-order chi connectivity index (χ1) is 13.8. The second-order valence-corrected chi connectivity index (χ2v) is 8.40. The number of ether oxygens (including phenoxy) is 2. The molecular formula is C20H25N3O5S. The van der Waals surface area contributed by atoms with E-state index in [1.165, 1.54) is 30.2 Å². The fraction of sp³-hybridized carbons (Fsp3) is 0.350. The molecule has 1 amide bonds. The van der Waals surface area contributed by atoms with E-state index in [-0.39, 0.29) is 22.1 Å². The van der Waals surface area contributed by atoms with Crippen LogP contribution in [-0.2, 0) is 21.3 Å². The zero-order chi connectivity index (χ0) is 21.0. The minimum absolute atomic E-state index is 0.134. The van der Waals surface area contributed by atoms with E-state index in [0.29, 0.717) is 6.54 Å². The summed E-state index contributed by atoms with van der Waals surface area (Å²) >= 11 is 0. The quantitative estimate of drug-likeness (QED) is 0.760. The number of sulfonamides is 1. The monoisotopic (exact) mass is 419 g/mol. The number of carbonyl (C=O) groups excluding carboxylic acids is 1. The summed E-state index contributed by atoms with van der Waals surface area (Å²) in [5.74, 6) is -0.0680.